The Balaban J connectivity index is 1.98. The number of rotatable bonds is 4. The molecule has 0 atom stereocenters. The zero-order chi connectivity index (χ0) is 18.0. The lowest BCUT2D eigenvalue weighted by Gasteiger charge is -2.26. The summed E-state index contributed by atoms with van der Waals surface area (Å²) >= 11 is 0. The number of carbonyl (C=O) groups is 1. The molecule has 1 aliphatic rings. The third kappa shape index (κ3) is 4.05. The molecule has 134 valence electrons. The summed E-state index contributed by atoms with van der Waals surface area (Å²) in [7, 11) is 0. The Hall–Kier alpha value is -1.66. The van der Waals surface area contributed by atoms with E-state index in [1.165, 1.54) is 0 Å². The average Bonchev–Trinajstić information content (AvgIpc) is 2.54. The molecule has 1 fully saturated rings. The fourth-order valence-corrected chi connectivity index (χ4v) is 2.90. The molecule has 0 bridgehead atoms. The van der Waals surface area contributed by atoms with Gasteiger partial charge in [-0.25, -0.2) is 0 Å². The van der Waals surface area contributed by atoms with Gasteiger partial charge in [-0.1, -0.05) is 13.3 Å². The summed E-state index contributed by atoms with van der Waals surface area (Å²) < 4.78 is 68.4. The highest BCUT2D eigenvalue weighted by Gasteiger charge is 2.58. The van der Waals surface area contributed by atoms with Gasteiger partial charge in [-0.2, -0.15) is 22.0 Å². The molecule has 7 heteroatoms. The molecule has 1 aromatic carbocycles. The van der Waals surface area contributed by atoms with Crippen LogP contribution in [0.15, 0.2) is 24.3 Å². The Bertz CT molecular complexity index is 557. The lowest BCUT2D eigenvalue weighted by molar-refractivity contribution is -0.289. The average molecular weight is 350 g/mol. The molecule has 2 rings (SSSR count). The lowest BCUT2D eigenvalue weighted by Crippen LogP contribution is -2.33. The maximum atomic E-state index is 13.2. The number of carbonyl (C=O) groups excluding carboxylic acids is 1. The van der Waals surface area contributed by atoms with Gasteiger partial charge in [0.2, 0.25) is 0 Å². The normalized spacial score (nSPS) is 22.2. The van der Waals surface area contributed by atoms with Crippen molar-refractivity contribution >= 4 is 5.97 Å². The van der Waals surface area contributed by atoms with E-state index in [2.05, 4.69) is 6.92 Å². The minimum atomic E-state index is -5.66. The Labute approximate surface area is 137 Å². The minimum absolute atomic E-state index is 0.0284. The smallest absolute Gasteiger partial charge is 0.426 e. The second-order valence-corrected chi connectivity index (χ2v) is 6.14. The largest absolute Gasteiger partial charge is 0.458 e. The molecule has 1 aliphatic carbocycles. The van der Waals surface area contributed by atoms with E-state index in [9.17, 15) is 26.7 Å². The highest BCUT2D eigenvalue weighted by Crippen LogP contribution is 2.44. The Morgan fingerprint density at radius 1 is 1.04 bits per heavy atom. The van der Waals surface area contributed by atoms with E-state index in [0.29, 0.717) is 30.9 Å². The molecule has 0 aromatic heterocycles. The van der Waals surface area contributed by atoms with Crippen LogP contribution in [0, 0.1) is 11.8 Å². The van der Waals surface area contributed by atoms with Gasteiger partial charge < -0.3 is 4.74 Å². The highest BCUT2D eigenvalue weighted by atomic mass is 19.4. The predicted molar refractivity (Wildman–Crippen MR) is 77.8 cm³/mol. The first kappa shape index (κ1) is 18.7. The first-order chi connectivity index (χ1) is 11.1. The van der Waals surface area contributed by atoms with Crippen LogP contribution in [0.5, 0.6) is 5.75 Å². The summed E-state index contributed by atoms with van der Waals surface area (Å²) in [6, 6.07) is 3.18. The lowest BCUT2D eigenvalue weighted by atomic mass is 9.81. The zero-order valence-corrected chi connectivity index (χ0v) is 13.2. The standard InChI is InChI=1S/C17H19F5O2/c1-2-11-3-5-12(6-4-11)15(23)24-14-9-7-13(8-10-14)16(18,19)17(20,21)22/h7-12H,2-6H2,1H3. The molecule has 0 heterocycles. The van der Waals surface area contributed by atoms with Crippen LogP contribution in [-0.4, -0.2) is 12.1 Å². The number of hydrogen-bond donors (Lipinski definition) is 0. The number of ether oxygens (including phenoxy) is 1. The SMILES string of the molecule is CCC1CCC(C(=O)Oc2ccc(C(F)(F)C(F)(F)F)cc2)CC1. The van der Waals surface area contributed by atoms with Crippen LogP contribution in [0.1, 0.15) is 44.6 Å². The van der Waals surface area contributed by atoms with Crippen molar-refractivity contribution in [3.05, 3.63) is 29.8 Å². The van der Waals surface area contributed by atoms with Crippen molar-refractivity contribution in [2.75, 3.05) is 0 Å². The summed E-state index contributed by atoms with van der Waals surface area (Å²) in [6.07, 6.45) is -1.30. The van der Waals surface area contributed by atoms with Gasteiger partial charge in [0.15, 0.2) is 0 Å². The molecule has 0 spiro atoms. The van der Waals surface area contributed by atoms with E-state index < -0.39 is 23.6 Å². The van der Waals surface area contributed by atoms with Crippen LogP contribution in [-0.2, 0) is 10.7 Å². The second-order valence-electron chi connectivity index (χ2n) is 6.14. The van der Waals surface area contributed by atoms with Crippen LogP contribution in [0.2, 0.25) is 0 Å². The van der Waals surface area contributed by atoms with E-state index >= 15 is 0 Å². The van der Waals surface area contributed by atoms with Crippen molar-refractivity contribution in [2.24, 2.45) is 11.8 Å². The fourth-order valence-electron chi connectivity index (χ4n) is 2.90. The Kier molecular flexibility index (Phi) is 5.50. The van der Waals surface area contributed by atoms with E-state index in [1.807, 2.05) is 0 Å². The predicted octanol–water partition coefficient (Wildman–Crippen LogP) is 5.46. The van der Waals surface area contributed by atoms with E-state index in [-0.39, 0.29) is 11.7 Å². The molecular weight excluding hydrogens is 331 g/mol. The first-order valence-electron chi connectivity index (χ1n) is 7.92. The second kappa shape index (κ2) is 7.07. The monoisotopic (exact) mass is 350 g/mol. The van der Waals surface area contributed by atoms with Crippen LogP contribution in [0.25, 0.3) is 0 Å². The quantitative estimate of drug-likeness (QED) is 0.409. The number of halogens is 5. The number of alkyl halides is 5. The summed E-state index contributed by atoms with van der Waals surface area (Å²) in [5.74, 6) is -5.06. The molecule has 0 unspecified atom stereocenters. The molecule has 2 nitrogen and oxygen atoms in total. The van der Waals surface area contributed by atoms with E-state index in [1.54, 1.807) is 0 Å². The number of benzene rings is 1. The van der Waals surface area contributed by atoms with Crippen molar-refractivity contribution in [1.82, 2.24) is 0 Å². The third-order valence-corrected chi connectivity index (χ3v) is 4.55. The summed E-state index contributed by atoms with van der Waals surface area (Å²) in [5.41, 5.74) is -1.18. The van der Waals surface area contributed by atoms with Crippen molar-refractivity contribution in [1.29, 1.82) is 0 Å². The van der Waals surface area contributed by atoms with Crippen molar-refractivity contribution in [3.63, 3.8) is 0 Å². The van der Waals surface area contributed by atoms with Gasteiger partial charge in [-0.3, -0.25) is 4.79 Å². The van der Waals surface area contributed by atoms with Crippen LogP contribution in [0.3, 0.4) is 0 Å². The molecular formula is C17H19F5O2. The van der Waals surface area contributed by atoms with Gasteiger partial charge in [0.25, 0.3) is 0 Å². The molecule has 1 aromatic rings. The van der Waals surface area contributed by atoms with E-state index in [4.69, 9.17) is 4.74 Å². The van der Waals surface area contributed by atoms with E-state index in [0.717, 1.165) is 31.4 Å². The van der Waals surface area contributed by atoms with Gasteiger partial charge >= 0.3 is 18.1 Å². The van der Waals surface area contributed by atoms with Crippen molar-refractivity contribution in [3.8, 4) is 5.75 Å². The summed E-state index contributed by atoms with van der Waals surface area (Å²) in [4.78, 5) is 12.1. The molecule has 0 aliphatic heterocycles. The first-order valence-corrected chi connectivity index (χ1v) is 7.92. The topological polar surface area (TPSA) is 26.3 Å². The van der Waals surface area contributed by atoms with Crippen molar-refractivity contribution < 1.29 is 31.5 Å². The molecule has 1 saturated carbocycles. The van der Waals surface area contributed by atoms with Gasteiger partial charge in [0.05, 0.1) is 5.92 Å². The minimum Gasteiger partial charge on any atom is -0.426 e. The molecule has 0 N–H and O–H groups in total. The molecule has 0 amide bonds. The van der Waals surface area contributed by atoms with Crippen LogP contribution in [0.4, 0.5) is 22.0 Å². The summed E-state index contributed by atoms with van der Waals surface area (Å²) in [5, 5.41) is 0. The highest BCUT2D eigenvalue weighted by molar-refractivity contribution is 5.75. The third-order valence-electron chi connectivity index (χ3n) is 4.55. The van der Waals surface area contributed by atoms with Gasteiger partial charge in [-0.05, 0) is 55.9 Å². The molecule has 24 heavy (non-hydrogen) atoms. The van der Waals surface area contributed by atoms with Gasteiger partial charge in [-0.15, -0.1) is 0 Å². The Morgan fingerprint density at radius 2 is 1.58 bits per heavy atom. The van der Waals surface area contributed by atoms with Crippen LogP contribution >= 0.6 is 0 Å². The maximum Gasteiger partial charge on any atom is 0.458 e. The summed E-state index contributed by atoms with van der Waals surface area (Å²) in [6.45, 7) is 2.10. The zero-order valence-electron chi connectivity index (χ0n) is 13.2. The van der Waals surface area contributed by atoms with Crippen LogP contribution < -0.4 is 4.74 Å². The maximum absolute atomic E-state index is 13.2. The number of hydrogen-bond acceptors (Lipinski definition) is 2. The van der Waals surface area contributed by atoms with Gasteiger partial charge in [0, 0.05) is 5.56 Å². The molecule has 0 radical (unpaired) electrons. The fraction of sp³-hybridized carbons (Fsp3) is 0.588. The van der Waals surface area contributed by atoms with Gasteiger partial charge in [0.1, 0.15) is 5.75 Å². The molecule has 0 saturated heterocycles. The number of esters is 1. The Morgan fingerprint density at radius 3 is 2.04 bits per heavy atom. The van der Waals surface area contributed by atoms with Crippen molar-refractivity contribution in [2.45, 2.75) is 51.1 Å².